The van der Waals surface area contributed by atoms with Gasteiger partial charge in [0, 0.05) is 6.54 Å². The number of Topliss-reactive ketones (excluding diaryl/α,β-unsaturated/α-hetero) is 1. The minimum atomic E-state index is 0.151. The number of fused-ring (bicyclic) bond motifs is 2. The van der Waals surface area contributed by atoms with Gasteiger partial charge in [-0.3, -0.25) is 9.69 Å². The van der Waals surface area contributed by atoms with Crippen LogP contribution in [0.3, 0.4) is 0 Å². The van der Waals surface area contributed by atoms with Crippen molar-refractivity contribution in [1.82, 2.24) is 4.90 Å². The van der Waals surface area contributed by atoms with Crippen LogP contribution in [0.4, 0.5) is 0 Å². The summed E-state index contributed by atoms with van der Waals surface area (Å²) in [5, 5.41) is 0. The lowest BCUT2D eigenvalue weighted by atomic mass is 9.88. The quantitative estimate of drug-likeness (QED) is 0.752. The fourth-order valence-electron chi connectivity index (χ4n) is 4.27. The van der Waals surface area contributed by atoms with Gasteiger partial charge in [0.15, 0.2) is 5.78 Å². The van der Waals surface area contributed by atoms with Gasteiger partial charge in [0.25, 0.3) is 0 Å². The van der Waals surface area contributed by atoms with Gasteiger partial charge in [-0.25, -0.2) is 0 Å². The lowest BCUT2D eigenvalue weighted by Crippen LogP contribution is -2.33. The van der Waals surface area contributed by atoms with E-state index < -0.39 is 0 Å². The molecule has 2 aliphatic carbocycles. The predicted molar refractivity (Wildman–Crippen MR) is 83.8 cm³/mol. The molecule has 0 spiro atoms. The van der Waals surface area contributed by atoms with Gasteiger partial charge in [0.2, 0.25) is 0 Å². The summed E-state index contributed by atoms with van der Waals surface area (Å²) < 4.78 is 5.28. The first-order valence-electron chi connectivity index (χ1n) is 8.02. The molecule has 0 aliphatic heterocycles. The van der Waals surface area contributed by atoms with Crippen LogP contribution in [0, 0.1) is 17.8 Å². The Morgan fingerprint density at radius 2 is 2.10 bits per heavy atom. The molecule has 2 fully saturated rings. The third-order valence-corrected chi connectivity index (χ3v) is 5.25. The number of methoxy groups -OCH3 is 1. The molecule has 2 saturated carbocycles. The van der Waals surface area contributed by atoms with Crippen molar-refractivity contribution >= 4 is 5.78 Å². The standard InChI is InChI=1S/C18H25NO2/c1-19(11-15-10-13-7-8-14(15)9-13)12-17(20)16-5-3-4-6-18(16)21-2/h3-6,13-15H,7-12H2,1-2H3. The summed E-state index contributed by atoms with van der Waals surface area (Å²) in [5.41, 5.74) is 0.694. The SMILES string of the molecule is COc1ccccc1C(=O)CN(C)CC1CC2CCC1C2. The Morgan fingerprint density at radius 3 is 2.76 bits per heavy atom. The Bertz CT molecular complexity index is 514. The van der Waals surface area contributed by atoms with Crippen molar-refractivity contribution in [1.29, 1.82) is 0 Å². The molecule has 3 unspecified atom stereocenters. The monoisotopic (exact) mass is 287 g/mol. The Morgan fingerprint density at radius 1 is 1.29 bits per heavy atom. The second-order valence-corrected chi connectivity index (χ2v) is 6.76. The van der Waals surface area contributed by atoms with Gasteiger partial charge in [-0.1, -0.05) is 18.6 Å². The zero-order valence-electron chi connectivity index (χ0n) is 13.0. The normalized spacial score (nSPS) is 27.3. The minimum absolute atomic E-state index is 0.151. The number of benzene rings is 1. The molecule has 0 amide bonds. The largest absolute Gasteiger partial charge is 0.496 e. The molecular formula is C18H25NO2. The summed E-state index contributed by atoms with van der Waals surface area (Å²) >= 11 is 0. The number of hydrogen-bond donors (Lipinski definition) is 0. The second-order valence-electron chi connectivity index (χ2n) is 6.76. The van der Waals surface area contributed by atoms with Crippen LogP contribution < -0.4 is 4.74 Å². The van der Waals surface area contributed by atoms with Gasteiger partial charge in [-0.15, -0.1) is 0 Å². The van der Waals surface area contributed by atoms with E-state index in [1.54, 1.807) is 7.11 Å². The van der Waals surface area contributed by atoms with Crippen LogP contribution in [0.2, 0.25) is 0 Å². The van der Waals surface area contributed by atoms with Crippen LogP contribution in [-0.2, 0) is 0 Å². The molecule has 0 saturated heterocycles. The van der Waals surface area contributed by atoms with E-state index in [0.29, 0.717) is 17.9 Å². The van der Waals surface area contributed by atoms with Crippen molar-refractivity contribution in [2.24, 2.45) is 17.8 Å². The molecule has 0 N–H and O–H groups in total. The summed E-state index contributed by atoms with van der Waals surface area (Å²) in [5.74, 6) is 3.52. The number of rotatable bonds is 6. The Hall–Kier alpha value is -1.35. The van der Waals surface area contributed by atoms with E-state index in [4.69, 9.17) is 4.74 Å². The number of para-hydroxylation sites is 1. The summed E-state index contributed by atoms with van der Waals surface area (Å²) in [6.07, 6.45) is 5.64. The molecular weight excluding hydrogens is 262 g/mol. The van der Waals surface area contributed by atoms with E-state index in [1.165, 1.54) is 25.7 Å². The first-order valence-corrected chi connectivity index (χ1v) is 8.02. The zero-order chi connectivity index (χ0) is 14.8. The summed E-state index contributed by atoms with van der Waals surface area (Å²) in [6.45, 7) is 1.54. The number of carbonyl (C=O) groups is 1. The highest BCUT2D eigenvalue weighted by molar-refractivity contribution is 6.00. The molecule has 2 aliphatic rings. The number of ether oxygens (including phenoxy) is 1. The minimum Gasteiger partial charge on any atom is -0.496 e. The van der Waals surface area contributed by atoms with Gasteiger partial charge in [0.05, 0.1) is 19.2 Å². The van der Waals surface area contributed by atoms with E-state index in [2.05, 4.69) is 11.9 Å². The van der Waals surface area contributed by atoms with Crippen LogP contribution in [0.1, 0.15) is 36.0 Å². The first-order chi connectivity index (χ1) is 10.2. The van der Waals surface area contributed by atoms with Crippen LogP contribution in [0.15, 0.2) is 24.3 Å². The average molecular weight is 287 g/mol. The first kappa shape index (κ1) is 14.6. The third-order valence-electron chi connectivity index (χ3n) is 5.25. The lowest BCUT2D eigenvalue weighted by Gasteiger charge is -2.26. The number of ketones is 1. The van der Waals surface area contributed by atoms with Crippen molar-refractivity contribution in [3.63, 3.8) is 0 Å². The molecule has 3 rings (SSSR count). The molecule has 3 atom stereocenters. The van der Waals surface area contributed by atoms with Crippen molar-refractivity contribution in [2.45, 2.75) is 25.7 Å². The Kier molecular flexibility index (Phi) is 4.29. The maximum atomic E-state index is 12.4. The van der Waals surface area contributed by atoms with E-state index >= 15 is 0 Å². The highest BCUT2D eigenvalue weighted by Crippen LogP contribution is 2.48. The molecule has 2 bridgehead atoms. The number of hydrogen-bond acceptors (Lipinski definition) is 3. The number of likely N-dealkylation sites (N-methyl/N-ethyl adjacent to an activating group) is 1. The maximum absolute atomic E-state index is 12.4. The highest BCUT2D eigenvalue weighted by Gasteiger charge is 2.39. The fourth-order valence-corrected chi connectivity index (χ4v) is 4.27. The number of nitrogens with zero attached hydrogens (tertiary/aromatic N) is 1. The van der Waals surface area contributed by atoms with Gasteiger partial charge >= 0.3 is 0 Å². The van der Waals surface area contributed by atoms with Crippen molar-refractivity contribution < 1.29 is 9.53 Å². The van der Waals surface area contributed by atoms with Crippen LogP contribution in [0.5, 0.6) is 5.75 Å². The molecule has 21 heavy (non-hydrogen) atoms. The molecule has 0 aromatic heterocycles. The van der Waals surface area contributed by atoms with E-state index in [1.807, 2.05) is 24.3 Å². The third kappa shape index (κ3) is 3.13. The van der Waals surface area contributed by atoms with Crippen LogP contribution in [-0.4, -0.2) is 37.9 Å². The predicted octanol–water partition coefficient (Wildman–Crippen LogP) is 3.25. The maximum Gasteiger partial charge on any atom is 0.180 e. The second kappa shape index (κ2) is 6.18. The number of carbonyl (C=O) groups excluding carboxylic acids is 1. The molecule has 1 aromatic rings. The van der Waals surface area contributed by atoms with E-state index in [9.17, 15) is 4.79 Å². The Labute approximate surface area is 127 Å². The van der Waals surface area contributed by atoms with E-state index in [-0.39, 0.29) is 5.78 Å². The smallest absolute Gasteiger partial charge is 0.180 e. The van der Waals surface area contributed by atoms with Crippen molar-refractivity contribution in [2.75, 3.05) is 27.2 Å². The van der Waals surface area contributed by atoms with Crippen LogP contribution >= 0.6 is 0 Å². The van der Waals surface area contributed by atoms with E-state index in [0.717, 1.165) is 24.3 Å². The lowest BCUT2D eigenvalue weighted by molar-refractivity contribution is 0.0926. The molecule has 0 radical (unpaired) electrons. The summed E-state index contributed by atoms with van der Waals surface area (Å²) in [7, 11) is 3.68. The topological polar surface area (TPSA) is 29.5 Å². The highest BCUT2D eigenvalue weighted by atomic mass is 16.5. The molecule has 3 nitrogen and oxygen atoms in total. The van der Waals surface area contributed by atoms with Crippen molar-refractivity contribution in [3.8, 4) is 5.75 Å². The summed E-state index contributed by atoms with van der Waals surface area (Å²) in [6, 6.07) is 7.50. The molecule has 1 aromatic carbocycles. The van der Waals surface area contributed by atoms with Gasteiger partial charge in [-0.2, -0.15) is 0 Å². The van der Waals surface area contributed by atoms with Crippen molar-refractivity contribution in [3.05, 3.63) is 29.8 Å². The zero-order valence-corrected chi connectivity index (χ0v) is 13.0. The van der Waals surface area contributed by atoms with Crippen LogP contribution in [0.25, 0.3) is 0 Å². The van der Waals surface area contributed by atoms with Gasteiger partial charge in [0.1, 0.15) is 5.75 Å². The average Bonchev–Trinajstić information content (AvgIpc) is 3.09. The molecule has 3 heteroatoms. The summed E-state index contributed by atoms with van der Waals surface area (Å²) in [4.78, 5) is 14.6. The molecule has 0 heterocycles. The Balaban J connectivity index is 1.57. The fraction of sp³-hybridized carbons (Fsp3) is 0.611. The molecule has 114 valence electrons. The van der Waals surface area contributed by atoms with Gasteiger partial charge < -0.3 is 4.74 Å². The van der Waals surface area contributed by atoms with Gasteiger partial charge in [-0.05, 0) is 56.2 Å².